The Labute approximate surface area is 120 Å². The highest BCUT2D eigenvalue weighted by Gasteiger charge is 2.26. The van der Waals surface area contributed by atoms with Gasteiger partial charge in [-0.1, -0.05) is 18.8 Å². The maximum Gasteiger partial charge on any atom is 0.244 e. The molecule has 0 radical (unpaired) electrons. The Balaban J connectivity index is 3.20. The predicted molar refractivity (Wildman–Crippen MR) is 77.5 cm³/mol. The first-order valence-corrected chi connectivity index (χ1v) is 7.94. The number of pyridine rings is 1. The molecule has 1 aromatic heterocycles. The van der Waals surface area contributed by atoms with Gasteiger partial charge in [-0.2, -0.15) is 4.31 Å². The molecule has 20 heavy (non-hydrogen) atoms. The summed E-state index contributed by atoms with van der Waals surface area (Å²) in [5.41, 5.74) is 0.473. The predicted octanol–water partition coefficient (Wildman–Crippen LogP) is 1.23. The molecule has 0 bridgehead atoms. The fourth-order valence-electron chi connectivity index (χ4n) is 1.78. The second-order valence-electron chi connectivity index (χ2n) is 4.58. The number of sulfonamides is 1. The van der Waals surface area contributed by atoms with Crippen LogP contribution in [0, 0.1) is 11.8 Å². The Morgan fingerprint density at radius 1 is 1.40 bits per heavy atom. The van der Waals surface area contributed by atoms with Crippen LogP contribution in [0.5, 0.6) is 0 Å². The highest BCUT2D eigenvalue weighted by Crippen LogP contribution is 2.18. The first kappa shape index (κ1) is 16.6. The van der Waals surface area contributed by atoms with Crippen molar-refractivity contribution in [1.29, 1.82) is 0 Å². The summed E-state index contributed by atoms with van der Waals surface area (Å²) < 4.78 is 26.6. The summed E-state index contributed by atoms with van der Waals surface area (Å²) in [5, 5.41) is 8.67. The van der Waals surface area contributed by atoms with Crippen LogP contribution >= 0.6 is 0 Å². The molecule has 0 spiro atoms. The molecule has 0 aliphatic heterocycles. The lowest BCUT2D eigenvalue weighted by Crippen LogP contribution is -2.37. The van der Waals surface area contributed by atoms with Gasteiger partial charge >= 0.3 is 0 Å². The maximum atomic E-state index is 12.6. The average molecular weight is 296 g/mol. The van der Waals surface area contributed by atoms with Crippen molar-refractivity contribution >= 4 is 10.0 Å². The number of aliphatic hydroxyl groups is 1. The van der Waals surface area contributed by atoms with Crippen LogP contribution in [-0.4, -0.2) is 42.0 Å². The van der Waals surface area contributed by atoms with E-state index in [4.69, 9.17) is 5.11 Å². The lowest BCUT2D eigenvalue weighted by Gasteiger charge is -2.25. The normalized spacial score (nSPS) is 11.5. The quantitative estimate of drug-likeness (QED) is 0.830. The van der Waals surface area contributed by atoms with Crippen LogP contribution < -0.4 is 0 Å². The van der Waals surface area contributed by atoms with Gasteiger partial charge in [-0.3, -0.25) is 4.98 Å². The molecular formula is C14H20N2O3S. The molecular weight excluding hydrogens is 276 g/mol. The van der Waals surface area contributed by atoms with Gasteiger partial charge < -0.3 is 5.11 Å². The first-order chi connectivity index (χ1) is 9.43. The summed E-state index contributed by atoms with van der Waals surface area (Å²) in [4.78, 5) is 4.04. The zero-order valence-corrected chi connectivity index (χ0v) is 12.8. The highest BCUT2D eigenvalue weighted by molar-refractivity contribution is 7.89. The van der Waals surface area contributed by atoms with Crippen molar-refractivity contribution in [2.24, 2.45) is 0 Å². The summed E-state index contributed by atoms with van der Waals surface area (Å²) in [7, 11) is -3.57. The molecule has 0 fully saturated rings. The van der Waals surface area contributed by atoms with Gasteiger partial charge in [0.25, 0.3) is 0 Å². The van der Waals surface area contributed by atoms with Crippen LogP contribution in [-0.2, 0) is 10.0 Å². The summed E-state index contributed by atoms with van der Waals surface area (Å²) in [5.74, 6) is 5.14. The maximum absolute atomic E-state index is 12.6. The molecule has 0 aliphatic carbocycles. The van der Waals surface area contributed by atoms with Crippen molar-refractivity contribution < 1.29 is 13.5 Å². The average Bonchev–Trinajstić information content (AvgIpc) is 2.42. The third-order valence-corrected chi connectivity index (χ3v) is 4.69. The third kappa shape index (κ3) is 4.04. The molecule has 110 valence electrons. The van der Waals surface area contributed by atoms with Gasteiger partial charge in [-0.15, -0.1) is 0 Å². The monoisotopic (exact) mass is 296 g/mol. The molecule has 1 N–H and O–H groups in total. The molecule has 5 nitrogen and oxygen atoms in total. The molecule has 0 aromatic carbocycles. The van der Waals surface area contributed by atoms with E-state index in [2.05, 4.69) is 16.8 Å². The standard InChI is InChI=1S/C14H20N2O3S/c1-4-7-16(12(2)3)20(18,19)14-9-13(6-5-8-17)10-15-11-14/h9-12,17H,4,7-8H2,1-3H3. The second kappa shape index (κ2) is 7.39. The van der Waals surface area contributed by atoms with E-state index < -0.39 is 10.0 Å². The van der Waals surface area contributed by atoms with Gasteiger partial charge in [0.2, 0.25) is 10.0 Å². The largest absolute Gasteiger partial charge is 0.384 e. The summed E-state index contributed by atoms with van der Waals surface area (Å²) >= 11 is 0. The number of hydrogen-bond acceptors (Lipinski definition) is 4. The minimum atomic E-state index is -3.57. The Morgan fingerprint density at radius 3 is 2.65 bits per heavy atom. The van der Waals surface area contributed by atoms with Gasteiger partial charge in [0.05, 0.1) is 0 Å². The van der Waals surface area contributed by atoms with Crippen molar-refractivity contribution in [3.63, 3.8) is 0 Å². The Morgan fingerprint density at radius 2 is 2.10 bits per heavy atom. The smallest absolute Gasteiger partial charge is 0.244 e. The first-order valence-electron chi connectivity index (χ1n) is 6.50. The molecule has 1 heterocycles. The molecule has 0 unspecified atom stereocenters. The van der Waals surface area contributed by atoms with Crippen LogP contribution in [0.15, 0.2) is 23.4 Å². The van der Waals surface area contributed by atoms with Crippen molar-refractivity contribution in [3.8, 4) is 11.8 Å². The highest BCUT2D eigenvalue weighted by atomic mass is 32.2. The van der Waals surface area contributed by atoms with Gasteiger partial charge in [-0.05, 0) is 26.3 Å². The van der Waals surface area contributed by atoms with E-state index in [-0.39, 0.29) is 17.5 Å². The Hall–Kier alpha value is -1.42. The number of nitrogens with zero attached hydrogens (tertiary/aromatic N) is 2. The van der Waals surface area contributed by atoms with Crippen LogP contribution in [0.1, 0.15) is 32.8 Å². The van der Waals surface area contributed by atoms with E-state index in [1.54, 1.807) is 0 Å². The minimum Gasteiger partial charge on any atom is -0.384 e. The van der Waals surface area contributed by atoms with E-state index in [0.717, 1.165) is 6.42 Å². The molecule has 0 amide bonds. The number of rotatable bonds is 5. The van der Waals surface area contributed by atoms with Crippen LogP contribution in [0.2, 0.25) is 0 Å². The summed E-state index contributed by atoms with van der Waals surface area (Å²) in [6, 6.07) is 1.36. The van der Waals surface area contributed by atoms with Crippen molar-refractivity contribution in [2.45, 2.75) is 38.1 Å². The lowest BCUT2D eigenvalue weighted by atomic mass is 10.3. The minimum absolute atomic E-state index is 0.118. The fourth-order valence-corrected chi connectivity index (χ4v) is 3.50. The molecule has 0 saturated heterocycles. The van der Waals surface area contributed by atoms with Gasteiger partial charge in [0.1, 0.15) is 11.5 Å². The molecule has 6 heteroatoms. The lowest BCUT2D eigenvalue weighted by molar-refractivity contribution is 0.350. The Kier molecular flexibility index (Phi) is 6.14. The van der Waals surface area contributed by atoms with E-state index >= 15 is 0 Å². The van der Waals surface area contributed by atoms with Crippen molar-refractivity contribution in [1.82, 2.24) is 9.29 Å². The van der Waals surface area contributed by atoms with Gasteiger partial charge in [-0.25, -0.2) is 8.42 Å². The van der Waals surface area contributed by atoms with E-state index in [0.29, 0.717) is 12.1 Å². The fraction of sp³-hybridized carbons (Fsp3) is 0.500. The summed E-state index contributed by atoms with van der Waals surface area (Å²) in [6.45, 7) is 5.82. The third-order valence-electron chi connectivity index (χ3n) is 2.65. The topological polar surface area (TPSA) is 70.5 Å². The molecule has 0 saturated carbocycles. The van der Waals surface area contributed by atoms with E-state index in [1.807, 2.05) is 20.8 Å². The number of aliphatic hydroxyl groups excluding tert-OH is 1. The number of hydrogen-bond donors (Lipinski definition) is 1. The van der Waals surface area contributed by atoms with Crippen LogP contribution in [0.3, 0.4) is 0 Å². The van der Waals surface area contributed by atoms with Gasteiger partial charge in [0, 0.05) is 30.5 Å². The van der Waals surface area contributed by atoms with E-state index in [1.165, 1.54) is 22.8 Å². The molecule has 0 aliphatic rings. The molecule has 1 aromatic rings. The van der Waals surface area contributed by atoms with Crippen LogP contribution in [0.4, 0.5) is 0 Å². The van der Waals surface area contributed by atoms with Gasteiger partial charge in [0.15, 0.2) is 0 Å². The van der Waals surface area contributed by atoms with Crippen molar-refractivity contribution in [2.75, 3.05) is 13.2 Å². The molecule has 0 atom stereocenters. The molecule has 1 rings (SSSR count). The van der Waals surface area contributed by atoms with E-state index in [9.17, 15) is 8.42 Å². The Bertz CT molecular complexity index is 600. The summed E-state index contributed by atoms with van der Waals surface area (Å²) in [6.07, 6.45) is 3.54. The van der Waals surface area contributed by atoms with Crippen molar-refractivity contribution in [3.05, 3.63) is 24.0 Å². The SMILES string of the molecule is CCCN(C(C)C)S(=O)(=O)c1cncc(C#CCO)c1. The number of aromatic nitrogens is 1. The second-order valence-corrected chi connectivity index (χ2v) is 6.47. The zero-order valence-electron chi connectivity index (χ0n) is 12.0. The zero-order chi connectivity index (χ0) is 15.2. The van der Waals surface area contributed by atoms with Crippen LogP contribution in [0.25, 0.3) is 0 Å².